The van der Waals surface area contributed by atoms with E-state index in [0.29, 0.717) is 6.04 Å². The highest BCUT2D eigenvalue weighted by Crippen LogP contribution is 2.31. The van der Waals surface area contributed by atoms with Crippen molar-refractivity contribution in [3.63, 3.8) is 0 Å². The SMILES string of the molecule is CCC(NC)c1ccc(Cl)cc1.CCC(c1ccc(Cl)cc1)N(C)c1ncnc2[nH]ccc12. The van der Waals surface area contributed by atoms with Gasteiger partial charge in [0.25, 0.3) is 0 Å². The van der Waals surface area contributed by atoms with E-state index in [4.69, 9.17) is 23.2 Å². The fraction of sp³-hybridized carbons (Fsp3) is 0.308. The van der Waals surface area contributed by atoms with Crippen LogP contribution in [0.3, 0.4) is 0 Å². The number of rotatable bonds is 7. The fourth-order valence-corrected chi connectivity index (χ4v) is 4.26. The Morgan fingerprint density at radius 1 is 0.879 bits per heavy atom. The van der Waals surface area contributed by atoms with Gasteiger partial charge in [0.2, 0.25) is 0 Å². The molecule has 0 saturated carbocycles. The predicted octanol–water partition coefficient (Wildman–Crippen LogP) is 7.21. The molecule has 5 nitrogen and oxygen atoms in total. The van der Waals surface area contributed by atoms with Crippen molar-refractivity contribution in [3.05, 3.63) is 88.3 Å². The van der Waals surface area contributed by atoms with Gasteiger partial charge in [-0.05, 0) is 61.3 Å². The monoisotopic (exact) mass is 483 g/mol. The molecule has 33 heavy (non-hydrogen) atoms. The quantitative estimate of drug-likeness (QED) is 0.291. The van der Waals surface area contributed by atoms with E-state index in [9.17, 15) is 0 Å². The number of H-pyrrole nitrogens is 1. The van der Waals surface area contributed by atoms with Gasteiger partial charge >= 0.3 is 0 Å². The van der Waals surface area contributed by atoms with Crippen molar-refractivity contribution in [3.8, 4) is 0 Å². The second-order valence-electron chi connectivity index (χ2n) is 7.82. The summed E-state index contributed by atoms with van der Waals surface area (Å²) in [6.07, 6.45) is 5.56. The van der Waals surface area contributed by atoms with Crippen LogP contribution in [0.2, 0.25) is 10.0 Å². The Hall–Kier alpha value is -2.60. The van der Waals surface area contributed by atoms with Crippen LogP contribution in [0.1, 0.15) is 49.9 Å². The number of anilines is 1. The van der Waals surface area contributed by atoms with E-state index in [1.54, 1.807) is 6.33 Å². The van der Waals surface area contributed by atoms with Crippen molar-refractivity contribution < 1.29 is 0 Å². The van der Waals surface area contributed by atoms with Gasteiger partial charge in [-0.25, -0.2) is 9.97 Å². The van der Waals surface area contributed by atoms with E-state index >= 15 is 0 Å². The van der Waals surface area contributed by atoms with Crippen LogP contribution >= 0.6 is 23.2 Å². The molecule has 2 unspecified atom stereocenters. The van der Waals surface area contributed by atoms with Crippen LogP contribution in [-0.2, 0) is 0 Å². The first kappa shape index (κ1) is 25.0. The standard InChI is InChI=1S/C16H17ClN4.C10H14ClN/c1-3-14(11-4-6-12(17)7-5-11)21(2)16-13-8-9-18-15(13)19-10-20-16;1-3-10(12-2)8-4-6-9(11)7-5-8/h4-10,14H,3H2,1-2H3,(H,18,19,20);4-7,10,12H,3H2,1-2H3. The molecule has 2 aromatic carbocycles. The number of nitrogens with one attached hydrogen (secondary N) is 2. The first-order valence-corrected chi connectivity index (χ1v) is 11.9. The molecule has 0 amide bonds. The summed E-state index contributed by atoms with van der Waals surface area (Å²) in [5.41, 5.74) is 3.38. The Kier molecular flexibility index (Phi) is 9.12. The van der Waals surface area contributed by atoms with Crippen LogP contribution in [0.5, 0.6) is 0 Å². The fourth-order valence-electron chi connectivity index (χ4n) is 4.01. The van der Waals surface area contributed by atoms with E-state index in [1.807, 2.05) is 43.6 Å². The predicted molar refractivity (Wildman–Crippen MR) is 140 cm³/mol. The molecule has 0 aliphatic rings. The largest absolute Gasteiger partial charge is 0.352 e. The van der Waals surface area contributed by atoms with Gasteiger partial charge in [0.1, 0.15) is 17.8 Å². The van der Waals surface area contributed by atoms with Gasteiger partial charge in [-0.1, -0.05) is 61.3 Å². The van der Waals surface area contributed by atoms with Crippen LogP contribution in [0.25, 0.3) is 11.0 Å². The average molecular weight is 484 g/mol. The van der Waals surface area contributed by atoms with Gasteiger partial charge < -0.3 is 15.2 Å². The lowest BCUT2D eigenvalue weighted by Gasteiger charge is -2.29. The molecule has 0 aliphatic heterocycles. The second-order valence-corrected chi connectivity index (χ2v) is 8.70. The lowest BCUT2D eigenvalue weighted by molar-refractivity contribution is 0.577. The molecular weight excluding hydrogens is 453 g/mol. The van der Waals surface area contributed by atoms with Crippen LogP contribution in [0.15, 0.2) is 67.1 Å². The molecule has 4 aromatic rings. The summed E-state index contributed by atoms with van der Waals surface area (Å²) in [5.74, 6) is 0.933. The second kappa shape index (κ2) is 12.0. The van der Waals surface area contributed by atoms with Gasteiger partial charge in [-0.2, -0.15) is 0 Å². The van der Waals surface area contributed by atoms with Crippen molar-refractivity contribution in [2.75, 3.05) is 19.0 Å². The maximum atomic E-state index is 5.98. The third-order valence-corrected chi connectivity index (χ3v) is 6.31. The number of benzene rings is 2. The van der Waals surface area contributed by atoms with Gasteiger partial charge in [0.05, 0.1) is 11.4 Å². The molecule has 2 N–H and O–H groups in total. The van der Waals surface area contributed by atoms with Crippen molar-refractivity contribution in [1.82, 2.24) is 20.3 Å². The van der Waals surface area contributed by atoms with Crippen molar-refractivity contribution in [2.45, 2.75) is 38.8 Å². The van der Waals surface area contributed by atoms with E-state index in [2.05, 4.69) is 70.3 Å². The summed E-state index contributed by atoms with van der Waals surface area (Å²) >= 11 is 11.8. The van der Waals surface area contributed by atoms with Gasteiger partial charge in [-0.3, -0.25) is 0 Å². The average Bonchev–Trinajstić information content (AvgIpc) is 3.32. The number of aromatic nitrogens is 3. The number of fused-ring (bicyclic) bond motifs is 1. The van der Waals surface area contributed by atoms with Crippen LogP contribution in [0.4, 0.5) is 5.82 Å². The lowest BCUT2D eigenvalue weighted by atomic mass is 10.0. The summed E-state index contributed by atoms with van der Waals surface area (Å²) in [6.45, 7) is 4.33. The first-order valence-electron chi connectivity index (χ1n) is 11.2. The highest BCUT2D eigenvalue weighted by molar-refractivity contribution is 6.30. The third-order valence-electron chi connectivity index (χ3n) is 5.81. The molecule has 0 fully saturated rings. The Morgan fingerprint density at radius 2 is 1.48 bits per heavy atom. The molecular formula is C26H31Cl2N5. The Bertz CT molecular complexity index is 1120. The normalized spacial score (nSPS) is 12.7. The number of hydrogen-bond acceptors (Lipinski definition) is 4. The van der Waals surface area contributed by atoms with Gasteiger partial charge in [0, 0.05) is 29.3 Å². The zero-order chi connectivity index (χ0) is 23.8. The maximum absolute atomic E-state index is 5.98. The van der Waals surface area contributed by atoms with Crippen molar-refractivity contribution >= 4 is 40.1 Å². The highest BCUT2D eigenvalue weighted by atomic mass is 35.5. The zero-order valence-corrected chi connectivity index (χ0v) is 21.0. The van der Waals surface area contributed by atoms with Crippen molar-refractivity contribution in [1.29, 1.82) is 0 Å². The van der Waals surface area contributed by atoms with Crippen molar-refractivity contribution in [2.24, 2.45) is 0 Å². The minimum Gasteiger partial charge on any atom is -0.352 e. The van der Waals surface area contributed by atoms with Crippen LogP contribution < -0.4 is 10.2 Å². The summed E-state index contributed by atoms with van der Waals surface area (Å²) in [5, 5.41) is 5.83. The van der Waals surface area contributed by atoms with Gasteiger partial charge in [0.15, 0.2) is 0 Å². The number of aromatic amines is 1. The number of halogens is 2. The lowest BCUT2D eigenvalue weighted by Crippen LogP contribution is -2.24. The first-order chi connectivity index (χ1) is 16.0. The van der Waals surface area contributed by atoms with Gasteiger partial charge in [-0.15, -0.1) is 0 Å². The zero-order valence-electron chi connectivity index (χ0n) is 19.5. The molecule has 0 radical (unpaired) electrons. The summed E-state index contributed by atoms with van der Waals surface area (Å²) in [4.78, 5) is 14.0. The maximum Gasteiger partial charge on any atom is 0.142 e. The van der Waals surface area contributed by atoms with E-state index in [-0.39, 0.29) is 6.04 Å². The van der Waals surface area contributed by atoms with E-state index < -0.39 is 0 Å². The van der Waals surface area contributed by atoms with E-state index in [1.165, 1.54) is 11.1 Å². The summed E-state index contributed by atoms with van der Waals surface area (Å²) < 4.78 is 0. The number of hydrogen-bond donors (Lipinski definition) is 2. The molecule has 2 atom stereocenters. The summed E-state index contributed by atoms with van der Waals surface area (Å²) in [7, 11) is 4.04. The molecule has 174 valence electrons. The Labute approximate surface area is 206 Å². The summed E-state index contributed by atoms with van der Waals surface area (Å²) in [6, 6.07) is 18.7. The third kappa shape index (κ3) is 6.26. The molecule has 0 aliphatic carbocycles. The molecule has 7 heteroatoms. The van der Waals surface area contributed by atoms with Crippen LogP contribution in [-0.4, -0.2) is 29.0 Å². The molecule has 2 aromatic heterocycles. The Morgan fingerprint density at radius 3 is 2.03 bits per heavy atom. The highest BCUT2D eigenvalue weighted by Gasteiger charge is 2.19. The molecule has 0 spiro atoms. The molecule has 0 saturated heterocycles. The van der Waals surface area contributed by atoms with E-state index in [0.717, 1.165) is 39.7 Å². The minimum absolute atomic E-state index is 0.246. The molecule has 0 bridgehead atoms. The topological polar surface area (TPSA) is 56.8 Å². The molecule has 4 rings (SSSR count). The number of nitrogens with zero attached hydrogens (tertiary/aromatic N) is 3. The minimum atomic E-state index is 0.246. The smallest absolute Gasteiger partial charge is 0.142 e. The van der Waals surface area contributed by atoms with Crippen LogP contribution in [0, 0.1) is 0 Å². The Balaban J connectivity index is 0.000000218. The molecule has 2 heterocycles.